The molecule has 0 saturated carbocycles. The number of methoxy groups -OCH3 is 2. The van der Waals surface area contributed by atoms with Crippen molar-refractivity contribution in [2.24, 2.45) is 0 Å². The van der Waals surface area contributed by atoms with Gasteiger partial charge in [-0.25, -0.2) is 24.1 Å². The largest absolute Gasteiger partial charge is 0.747 e. The number of rotatable bonds is 7. The SMILES string of the molecule is CCN1C=CN(C)C1C.COC(=O)c1ccc2[nH]c(-c3ccc4cc5cccc(-c6nc7cc(C(=O)OC)ccc7[nH]6)c5cc4c3O[P+](=O)O)nc2c1. The summed E-state index contributed by atoms with van der Waals surface area (Å²) in [4.78, 5) is 54.4. The monoisotopic (exact) mass is 731 g/mol. The van der Waals surface area contributed by atoms with Gasteiger partial charge in [0.25, 0.3) is 0 Å². The van der Waals surface area contributed by atoms with E-state index in [1.165, 1.54) is 14.2 Å². The van der Waals surface area contributed by atoms with E-state index in [2.05, 4.69) is 58.0 Å². The molecule has 0 aliphatic carbocycles. The average Bonchev–Trinajstić information content (AvgIpc) is 3.88. The predicted molar refractivity (Wildman–Crippen MR) is 204 cm³/mol. The van der Waals surface area contributed by atoms with Gasteiger partial charge in [-0.15, -0.1) is 4.89 Å². The summed E-state index contributed by atoms with van der Waals surface area (Å²) in [6.07, 6.45) is 4.79. The number of carbonyl (C=O) groups is 2. The Balaban J connectivity index is 0.000000425. The number of nitrogens with zero attached hydrogens (tertiary/aromatic N) is 4. The molecule has 0 spiro atoms. The number of H-pyrrole nitrogens is 2. The van der Waals surface area contributed by atoms with Crippen molar-refractivity contribution in [3.05, 3.63) is 102 Å². The minimum absolute atomic E-state index is 0.169. The quantitative estimate of drug-likeness (QED) is 0.0835. The van der Waals surface area contributed by atoms with Crippen molar-refractivity contribution >= 4 is 63.8 Å². The molecule has 2 aromatic heterocycles. The van der Waals surface area contributed by atoms with Gasteiger partial charge in [-0.2, -0.15) is 0 Å². The van der Waals surface area contributed by atoms with Gasteiger partial charge in [0.2, 0.25) is 5.75 Å². The minimum atomic E-state index is -3.02. The number of imidazole rings is 2. The van der Waals surface area contributed by atoms with Crippen LogP contribution in [0.5, 0.6) is 5.75 Å². The highest BCUT2D eigenvalue weighted by Gasteiger charge is 2.25. The van der Waals surface area contributed by atoms with Crippen LogP contribution in [-0.4, -0.2) is 80.5 Å². The van der Waals surface area contributed by atoms with Crippen molar-refractivity contribution < 1.29 is 33.0 Å². The Morgan fingerprint density at radius 2 is 1.40 bits per heavy atom. The number of fused-ring (bicyclic) bond motifs is 4. The number of nitrogens with one attached hydrogen (secondary N) is 2. The zero-order valence-corrected chi connectivity index (χ0v) is 30.5. The van der Waals surface area contributed by atoms with E-state index >= 15 is 0 Å². The second-order valence-electron chi connectivity index (χ2n) is 12.4. The molecule has 0 bridgehead atoms. The molecule has 5 aromatic carbocycles. The maximum Gasteiger partial charge on any atom is 0.747 e. The first-order valence-corrected chi connectivity index (χ1v) is 17.9. The molecule has 3 N–H and O–H groups in total. The number of esters is 2. The summed E-state index contributed by atoms with van der Waals surface area (Å²) in [5.74, 6) is 0.203. The van der Waals surface area contributed by atoms with Crippen LogP contribution in [-0.2, 0) is 14.0 Å². The molecule has 3 heterocycles. The number of aromatic nitrogens is 4. The van der Waals surface area contributed by atoms with Gasteiger partial charge >= 0.3 is 20.2 Å². The molecule has 2 unspecified atom stereocenters. The molecule has 14 heteroatoms. The summed E-state index contributed by atoms with van der Waals surface area (Å²) >= 11 is 0. The average molecular weight is 732 g/mol. The number of aromatic amines is 2. The maximum atomic E-state index is 12.1. The Morgan fingerprint density at radius 1 is 0.792 bits per heavy atom. The van der Waals surface area contributed by atoms with Gasteiger partial charge in [0.05, 0.1) is 59.1 Å². The molecule has 0 radical (unpaired) electrons. The van der Waals surface area contributed by atoms with E-state index < -0.39 is 20.2 Å². The Kier molecular flexibility index (Phi) is 9.53. The third-order valence-electron chi connectivity index (χ3n) is 9.39. The van der Waals surface area contributed by atoms with E-state index in [0.717, 1.165) is 33.8 Å². The van der Waals surface area contributed by atoms with Crippen LogP contribution >= 0.6 is 8.25 Å². The third-order valence-corrected chi connectivity index (χ3v) is 9.72. The smallest absolute Gasteiger partial charge is 0.465 e. The normalized spacial score (nSPS) is 14.2. The summed E-state index contributed by atoms with van der Waals surface area (Å²) in [7, 11) is 1.70. The van der Waals surface area contributed by atoms with Crippen LogP contribution < -0.4 is 4.52 Å². The lowest BCUT2D eigenvalue weighted by Crippen LogP contribution is -2.33. The Labute approximate surface area is 304 Å². The first-order chi connectivity index (χ1) is 25.6. The summed E-state index contributed by atoms with van der Waals surface area (Å²) in [5, 5.41) is 3.09. The highest BCUT2D eigenvalue weighted by molar-refractivity contribution is 7.32. The van der Waals surface area contributed by atoms with Crippen LogP contribution in [0.2, 0.25) is 0 Å². The molecule has 7 aromatic rings. The molecule has 1 aliphatic heterocycles. The van der Waals surface area contributed by atoms with E-state index in [0.29, 0.717) is 56.4 Å². The second kappa shape index (κ2) is 14.4. The van der Waals surface area contributed by atoms with E-state index in [-0.39, 0.29) is 5.75 Å². The Morgan fingerprint density at radius 3 is 1.92 bits per heavy atom. The summed E-state index contributed by atoms with van der Waals surface area (Å²) < 4.78 is 27.3. The van der Waals surface area contributed by atoms with E-state index in [1.54, 1.807) is 42.5 Å². The Bertz CT molecular complexity index is 2600. The van der Waals surface area contributed by atoms with Crippen LogP contribution in [0.4, 0.5) is 0 Å². The van der Waals surface area contributed by atoms with Crippen molar-refractivity contribution in [2.45, 2.75) is 20.0 Å². The van der Waals surface area contributed by atoms with Crippen LogP contribution in [0.1, 0.15) is 34.6 Å². The van der Waals surface area contributed by atoms with Gasteiger partial charge in [-0.05, 0) is 84.6 Å². The number of ether oxygens (including phenoxy) is 2. The van der Waals surface area contributed by atoms with Gasteiger partial charge in [-0.3, -0.25) is 0 Å². The Hall–Kier alpha value is -6.30. The number of benzene rings is 5. The van der Waals surface area contributed by atoms with Gasteiger partial charge in [0, 0.05) is 41.5 Å². The molecule has 0 saturated heterocycles. The van der Waals surface area contributed by atoms with E-state index in [9.17, 15) is 19.0 Å². The summed E-state index contributed by atoms with van der Waals surface area (Å²) in [6.45, 7) is 5.46. The molecule has 1 aliphatic rings. The molecule has 13 nitrogen and oxygen atoms in total. The first-order valence-electron chi connectivity index (χ1n) is 16.7. The van der Waals surface area contributed by atoms with Crippen molar-refractivity contribution in [1.29, 1.82) is 0 Å². The first kappa shape index (κ1) is 35.1. The standard InChI is InChI=1S/C32H21N4O7P.C7H14N2/c1-41-31(37)18-7-10-24-26(13-18)35-29(33-24)20-5-3-4-16-12-17-6-9-21(28(43-44(39)40)23(17)15-22(16)20)30-34-25-11-8-19(32(38)42-2)14-27(25)36-30;1-4-9-6-5-8(3)7(9)2/h3-15H,1-2H3,(H2-,33,34,35,36,37,38,39,40);5-7H,4H2,1-3H3/p+1. The molecule has 8 rings (SSSR count). The lowest BCUT2D eigenvalue weighted by molar-refractivity contribution is 0.0592. The van der Waals surface area contributed by atoms with Gasteiger partial charge in [0.1, 0.15) is 11.6 Å². The molecule has 53 heavy (non-hydrogen) atoms. The van der Waals surface area contributed by atoms with Crippen LogP contribution in [0.15, 0.2) is 91.3 Å². The molecular formula is C39H36N6O7P+. The highest BCUT2D eigenvalue weighted by Crippen LogP contribution is 2.43. The lowest BCUT2D eigenvalue weighted by Gasteiger charge is -2.25. The lowest BCUT2D eigenvalue weighted by atomic mass is 9.97. The summed E-state index contributed by atoms with van der Waals surface area (Å²) in [5.41, 5.74) is 4.50. The van der Waals surface area contributed by atoms with Gasteiger partial charge in [0.15, 0.2) is 0 Å². The topological polar surface area (TPSA) is 163 Å². The number of hydrogen-bond acceptors (Lipinski definition) is 10. The van der Waals surface area contributed by atoms with Crippen molar-refractivity contribution in [3.8, 4) is 28.5 Å². The van der Waals surface area contributed by atoms with Gasteiger partial charge < -0.3 is 29.2 Å². The van der Waals surface area contributed by atoms with Crippen LogP contribution in [0.25, 0.3) is 66.4 Å². The zero-order chi connectivity index (χ0) is 37.4. The fourth-order valence-electron chi connectivity index (χ4n) is 6.44. The maximum absolute atomic E-state index is 12.1. The third kappa shape index (κ3) is 6.75. The van der Waals surface area contributed by atoms with Crippen molar-refractivity contribution in [1.82, 2.24) is 29.7 Å². The van der Waals surface area contributed by atoms with Crippen LogP contribution in [0, 0.1) is 0 Å². The van der Waals surface area contributed by atoms with Crippen LogP contribution in [0.3, 0.4) is 0 Å². The molecule has 268 valence electrons. The highest BCUT2D eigenvalue weighted by atomic mass is 31.1. The van der Waals surface area contributed by atoms with Gasteiger partial charge in [-0.1, -0.05) is 24.3 Å². The van der Waals surface area contributed by atoms with E-state index in [4.69, 9.17) is 19.0 Å². The molecular weight excluding hydrogens is 695 g/mol. The number of carbonyl (C=O) groups excluding carboxylic acids is 2. The van der Waals surface area contributed by atoms with E-state index in [1.807, 2.05) is 36.4 Å². The second-order valence-corrected chi connectivity index (χ2v) is 13.1. The fourth-order valence-corrected chi connectivity index (χ4v) is 6.79. The number of hydrogen-bond donors (Lipinski definition) is 3. The zero-order valence-electron chi connectivity index (χ0n) is 29.6. The fraction of sp³-hybridized carbons (Fsp3) is 0.179. The predicted octanol–water partition coefficient (Wildman–Crippen LogP) is 7.75. The molecule has 2 atom stereocenters. The van der Waals surface area contributed by atoms with Crippen molar-refractivity contribution in [3.63, 3.8) is 0 Å². The van der Waals surface area contributed by atoms with Crippen molar-refractivity contribution in [2.75, 3.05) is 27.8 Å². The minimum Gasteiger partial charge on any atom is -0.465 e. The summed E-state index contributed by atoms with van der Waals surface area (Å²) in [6, 6.07) is 23.4. The molecule has 0 amide bonds. The molecule has 0 fully saturated rings.